The Kier molecular flexibility index (Phi) is 5.17. The van der Waals surface area contributed by atoms with Gasteiger partial charge in [0.1, 0.15) is 11.6 Å². The number of nitriles is 2. The molecule has 1 aromatic carbocycles. The summed E-state index contributed by atoms with van der Waals surface area (Å²) in [5.41, 5.74) is 2.56. The number of anilines is 4. The van der Waals surface area contributed by atoms with Crippen LogP contribution in [0.1, 0.15) is 30.9 Å². The van der Waals surface area contributed by atoms with Crippen molar-refractivity contribution in [1.29, 1.82) is 10.5 Å². The van der Waals surface area contributed by atoms with E-state index < -0.39 is 0 Å². The molecule has 0 amide bonds. The lowest BCUT2D eigenvalue weighted by molar-refractivity contribution is 0.501. The summed E-state index contributed by atoms with van der Waals surface area (Å²) in [6.07, 6.45) is 3.59. The molecule has 3 aromatic rings. The summed E-state index contributed by atoms with van der Waals surface area (Å²) >= 11 is 6.80. The van der Waals surface area contributed by atoms with Crippen LogP contribution >= 0.6 is 11.6 Å². The number of aromatic nitrogens is 4. The third-order valence-corrected chi connectivity index (χ3v) is 6.04. The third kappa shape index (κ3) is 3.75. The van der Waals surface area contributed by atoms with E-state index in [0.29, 0.717) is 39.5 Å². The van der Waals surface area contributed by atoms with Crippen LogP contribution in [0.5, 0.6) is 0 Å². The van der Waals surface area contributed by atoms with Gasteiger partial charge in [0, 0.05) is 31.7 Å². The van der Waals surface area contributed by atoms with Crippen LogP contribution in [0.4, 0.5) is 23.3 Å². The number of benzene rings is 1. The van der Waals surface area contributed by atoms with Crippen molar-refractivity contribution < 1.29 is 0 Å². The Labute approximate surface area is 189 Å². The summed E-state index contributed by atoms with van der Waals surface area (Å²) < 4.78 is 1.53. The highest BCUT2D eigenvalue weighted by Gasteiger charge is 2.25. The van der Waals surface area contributed by atoms with Crippen molar-refractivity contribution in [3.05, 3.63) is 34.5 Å². The largest absolute Gasteiger partial charge is 0.365 e. The summed E-state index contributed by atoms with van der Waals surface area (Å²) in [6.45, 7) is 4.58. The summed E-state index contributed by atoms with van der Waals surface area (Å²) in [6, 6.07) is 8.38. The van der Waals surface area contributed by atoms with Gasteiger partial charge in [-0.05, 0) is 31.9 Å². The van der Waals surface area contributed by atoms with Crippen molar-refractivity contribution in [2.45, 2.75) is 31.8 Å². The van der Waals surface area contributed by atoms with E-state index in [1.54, 1.807) is 6.07 Å². The fourth-order valence-electron chi connectivity index (χ4n) is 3.81. The molecule has 0 spiro atoms. The molecule has 2 fully saturated rings. The zero-order valence-corrected chi connectivity index (χ0v) is 18.2. The fourth-order valence-corrected chi connectivity index (χ4v) is 4.07. The number of fused-ring (bicyclic) bond motifs is 1. The second-order valence-electron chi connectivity index (χ2n) is 8.04. The van der Waals surface area contributed by atoms with Gasteiger partial charge < -0.3 is 20.9 Å². The van der Waals surface area contributed by atoms with Crippen molar-refractivity contribution in [3.63, 3.8) is 0 Å². The molecule has 0 bridgehead atoms. The van der Waals surface area contributed by atoms with Crippen LogP contribution < -0.4 is 20.9 Å². The number of nitrogens with one attached hydrogen (secondary N) is 3. The van der Waals surface area contributed by atoms with Gasteiger partial charge in [0.25, 0.3) is 0 Å². The summed E-state index contributed by atoms with van der Waals surface area (Å²) in [5, 5.41) is 33.6. The number of nitrogens with zero attached hydrogens (tertiary/aromatic N) is 7. The van der Waals surface area contributed by atoms with E-state index in [-0.39, 0.29) is 12.0 Å². The van der Waals surface area contributed by atoms with Gasteiger partial charge in [0.2, 0.25) is 11.9 Å². The maximum absolute atomic E-state index is 9.60. The fraction of sp³-hybridized carbons (Fsp3) is 0.381. The van der Waals surface area contributed by atoms with E-state index in [0.717, 1.165) is 38.2 Å². The highest BCUT2D eigenvalue weighted by molar-refractivity contribution is 6.36. The van der Waals surface area contributed by atoms with Crippen molar-refractivity contribution in [2.24, 2.45) is 0 Å². The predicted octanol–water partition coefficient (Wildman–Crippen LogP) is 2.64. The SMILES string of the molecule is C[C@@H]1CNCCN1c1cc(C#N)cc(Nc2nc(NC3CC3)n3ncc(C#N)c3n2)c1Cl. The molecule has 1 atom stereocenters. The minimum atomic E-state index is 0.231. The number of halogens is 1. The second kappa shape index (κ2) is 8.15. The van der Waals surface area contributed by atoms with E-state index in [2.05, 4.69) is 55.0 Å². The minimum absolute atomic E-state index is 0.231. The number of hydrogen-bond donors (Lipinski definition) is 3. The van der Waals surface area contributed by atoms with Gasteiger partial charge in [-0.1, -0.05) is 11.6 Å². The molecule has 32 heavy (non-hydrogen) atoms. The molecule has 1 saturated heterocycles. The first-order valence-corrected chi connectivity index (χ1v) is 10.9. The normalized spacial score (nSPS) is 18.2. The number of piperazine rings is 1. The van der Waals surface area contributed by atoms with Gasteiger partial charge in [-0.3, -0.25) is 0 Å². The van der Waals surface area contributed by atoms with Gasteiger partial charge in [-0.2, -0.15) is 30.1 Å². The van der Waals surface area contributed by atoms with Gasteiger partial charge in [0.15, 0.2) is 5.65 Å². The molecule has 3 heterocycles. The smallest absolute Gasteiger partial charge is 0.232 e. The lowest BCUT2D eigenvalue weighted by atomic mass is 10.1. The highest BCUT2D eigenvalue weighted by Crippen LogP contribution is 2.37. The molecule has 1 saturated carbocycles. The van der Waals surface area contributed by atoms with Crippen LogP contribution in [0.25, 0.3) is 5.65 Å². The van der Waals surface area contributed by atoms with E-state index >= 15 is 0 Å². The molecule has 11 heteroatoms. The molecular weight excluding hydrogens is 428 g/mol. The van der Waals surface area contributed by atoms with Crippen LogP contribution in [0.3, 0.4) is 0 Å². The first-order valence-electron chi connectivity index (χ1n) is 10.5. The van der Waals surface area contributed by atoms with E-state index in [9.17, 15) is 10.5 Å². The first-order chi connectivity index (χ1) is 15.6. The lowest BCUT2D eigenvalue weighted by Crippen LogP contribution is -2.50. The summed E-state index contributed by atoms with van der Waals surface area (Å²) in [7, 11) is 0. The van der Waals surface area contributed by atoms with E-state index in [4.69, 9.17) is 11.6 Å². The number of hydrogen-bond acceptors (Lipinski definition) is 9. The highest BCUT2D eigenvalue weighted by atomic mass is 35.5. The Bertz CT molecular complexity index is 1270. The average Bonchev–Trinajstić information content (AvgIpc) is 3.51. The third-order valence-electron chi connectivity index (χ3n) is 5.64. The Hall–Kier alpha value is -3.60. The second-order valence-corrected chi connectivity index (χ2v) is 8.41. The molecule has 162 valence electrons. The molecule has 2 aliphatic rings. The maximum atomic E-state index is 9.60. The quantitative estimate of drug-likeness (QED) is 0.539. The van der Waals surface area contributed by atoms with Crippen LogP contribution in [-0.2, 0) is 0 Å². The molecule has 5 rings (SSSR count). The molecule has 0 radical (unpaired) electrons. The monoisotopic (exact) mass is 448 g/mol. The lowest BCUT2D eigenvalue weighted by Gasteiger charge is -2.36. The summed E-state index contributed by atoms with van der Waals surface area (Å²) in [4.78, 5) is 11.3. The molecule has 0 unspecified atom stereocenters. The molecule has 10 nitrogen and oxygen atoms in total. The molecule has 2 aromatic heterocycles. The minimum Gasteiger partial charge on any atom is -0.365 e. The van der Waals surface area contributed by atoms with Gasteiger partial charge in [0.05, 0.1) is 34.2 Å². The van der Waals surface area contributed by atoms with Gasteiger partial charge in [-0.15, -0.1) is 0 Å². The Morgan fingerprint density at radius 1 is 1.22 bits per heavy atom. The van der Waals surface area contributed by atoms with Crippen molar-refractivity contribution >= 4 is 40.5 Å². The average molecular weight is 449 g/mol. The standard InChI is InChI=1S/C21H21ClN10/c1-12-10-25-4-5-31(12)17-7-13(8-23)6-16(18(17)22)28-20-29-19-14(9-24)11-26-32(19)21(30-20)27-15-2-3-15/h6-7,11-12,15,25H,2-5,10H2,1H3,(H2,27,28,29,30)/t12-/m1/s1. The summed E-state index contributed by atoms with van der Waals surface area (Å²) in [5.74, 6) is 0.777. The zero-order valence-electron chi connectivity index (χ0n) is 17.4. The van der Waals surface area contributed by atoms with Gasteiger partial charge >= 0.3 is 0 Å². The topological polar surface area (TPSA) is 130 Å². The Balaban J connectivity index is 1.56. The van der Waals surface area contributed by atoms with Crippen LogP contribution in [0.2, 0.25) is 5.02 Å². The molecule has 1 aliphatic heterocycles. The van der Waals surface area contributed by atoms with Gasteiger partial charge in [-0.25, -0.2) is 0 Å². The molecule has 1 aliphatic carbocycles. The predicted molar refractivity (Wildman–Crippen MR) is 121 cm³/mol. The van der Waals surface area contributed by atoms with E-state index in [1.165, 1.54) is 10.7 Å². The van der Waals surface area contributed by atoms with Crippen LogP contribution in [0.15, 0.2) is 18.3 Å². The Morgan fingerprint density at radius 3 is 2.78 bits per heavy atom. The molecule has 3 N–H and O–H groups in total. The number of rotatable bonds is 5. The van der Waals surface area contributed by atoms with Crippen molar-refractivity contribution in [2.75, 3.05) is 35.2 Å². The van der Waals surface area contributed by atoms with Crippen molar-refractivity contribution in [3.8, 4) is 12.1 Å². The Morgan fingerprint density at radius 2 is 2.06 bits per heavy atom. The maximum Gasteiger partial charge on any atom is 0.232 e. The molecular formula is C21H21ClN10. The first kappa shape index (κ1) is 20.3. The van der Waals surface area contributed by atoms with E-state index in [1.807, 2.05) is 6.07 Å². The van der Waals surface area contributed by atoms with Crippen LogP contribution in [0, 0.1) is 22.7 Å². The van der Waals surface area contributed by atoms with Crippen LogP contribution in [-0.4, -0.2) is 51.3 Å². The van der Waals surface area contributed by atoms with Crippen molar-refractivity contribution in [1.82, 2.24) is 24.9 Å². The zero-order chi connectivity index (χ0) is 22.2.